The molecule has 0 aromatic carbocycles. The first kappa shape index (κ1) is 36.4. The molecule has 0 radical (unpaired) electrons. The highest BCUT2D eigenvalue weighted by Crippen LogP contribution is 2.38. The largest absolute Gasteiger partial charge is 0.469 e. The fourth-order valence-corrected chi connectivity index (χ4v) is 5.32. The van der Waals surface area contributed by atoms with Gasteiger partial charge in [0.1, 0.15) is 12.0 Å². The van der Waals surface area contributed by atoms with Gasteiger partial charge in [0, 0.05) is 19.3 Å². The van der Waals surface area contributed by atoms with Gasteiger partial charge in [-0.2, -0.15) is 0 Å². The summed E-state index contributed by atoms with van der Waals surface area (Å²) >= 11 is 0. The van der Waals surface area contributed by atoms with Crippen LogP contribution in [0.4, 0.5) is 0 Å². The van der Waals surface area contributed by atoms with Crippen molar-refractivity contribution in [2.24, 2.45) is 11.7 Å². The second-order valence-corrected chi connectivity index (χ2v) is 11.2. The van der Waals surface area contributed by atoms with Gasteiger partial charge in [0.25, 0.3) is 0 Å². The number of hydrogen-bond acceptors (Lipinski definition) is 13. The van der Waals surface area contributed by atoms with Gasteiger partial charge in [0.05, 0.1) is 62.0 Å². The molecule has 242 valence electrons. The Hall–Kier alpha value is -1.75. The number of methoxy groups -OCH3 is 1. The summed E-state index contributed by atoms with van der Waals surface area (Å²) in [6.45, 7) is 4.93. The molecule has 2 heterocycles. The molecule has 13 atom stereocenters. The number of nitrogens with two attached hydrogens (primary N) is 1. The lowest BCUT2D eigenvalue weighted by Gasteiger charge is -2.45. The van der Waals surface area contributed by atoms with Crippen molar-refractivity contribution in [3.63, 3.8) is 0 Å². The number of aliphatic hydroxyl groups excluding tert-OH is 6. The minimum absolute atomic E-state index is 0.0221. The monoisotopic (exact) mass is 603 g/mol. The SMILES string of the molecule is C/C=C/C=C/C=C/C(CC1OC(O)(CC(O)CC(O)CC(C)O)CC(O)C1C(=O)OC)OC1OC(C)C(O)C(N)C1O. The highest BCUT2D eigenvalue weighted by molar-refractivity contribution is 5.74. The molecule has 0 bridgehead atoms. The van der Waals surface area contributed by atoms with Crippen LogP contribution >= 0.6 is 0 Å². The molecule has 0 aliphatic carbocycles. The van der Waals surface area contributed by atoms with Crippen molar-refractivity contribution in [1.82, 2.24) is 0 Å². The summed E-state index contributed by atoms with van der Waals surface area (Å²) in [5.74, 6) is -4.10. The Bertz CT molecular complexity index is 913. The van der Waals surface area contributed by atoms with Crippen LogP contribution in [0.5, 0.6) is 0 Å². The van der Waals surface area contributed by atoms with Crippen molar-refractivity contribution >= 4 is 5.97 Å². The fourth-order valence-electron chi connectivity index (χ4n) is 5.32. The van der Waals surface area contributed by atoms with Crippen molar-refractivity contribution in [1.29, 1.82) is 0 Å². The Morgan fingerprint density at radius 2 is 1.74 bits per heavy atom. The molecule has 2 aliphatic heterocycles. The maximum Gasteiger partial charge on any atom is 0.313 e. The number of esters is 1. The van der Waals surface area contributed by atoms with E-state index in [2.05, 4.69) is 0 Å². The van der Waals surface area contributed by atoms with E-state index in [0.717, 1.165) is 7.11 Å². The number of carbonyl (C=O) groups is 1. The maximum absolute atomic E-state index is 12.7. The minimum atomic E-state index is -2.08. The van der Waals surface area contributed by atoms with Gasteiger partial charge >= 0.3 is 5.97 Å². The molecule has 13 heteroatoms. The number of hydrogen-bond donors (Lipinski definition) is 8. The van der Waals surface area contributed by atoms with E-state index in [-0.39, 0.29) is 19.3 Å². The van der Waals surface area contributed by atoms with Crippen LogP contribution in [0.3, 0.4) is 0 Å². The first-order valence-electron chi connectivity index (χ1n) is 14.3. The van der Waals surface area contributed by atoms with E-state index in [1.807, 2.05) is 13.0 Å². The topological polar surface area (TPSA) is 222 Å². The predicted octanol–water partition coefficient (Wildman–Crippen LogP) is -0.855. The van der Waals surface area contributed by atoms with Crippen LogP contribution in [0.25, 0.3) is 0 Å². The van der Waals surface area contributed by atoms with E-state index in [4.69, 9.17) is 24.7 Å². The van der Waals surface area contributed by atoms with E-state index in [0.29, 0.717) is 0 Å². The average Bonchev–Trinajstić information content (AvgIpc) is 2.88. The quantitative estimate of drug-likeness (QED) is 0.0896. The summed E-state index contributed by atoms with van der Waals surface area (Å²) in [6, 6.07) is -1.05. The van der Waals surface area contributed by atoms with Gasteiger partial charge in [-0.05, 0) is 33.6 Å². The summed E-state index contributed by atoms with van der Waals surface area (Å²) in [5, 5.41) is 73.1. The van der Waals surface area contributed by atoms with E-state index in [1.165, 1.54) is 6.92 Å². The highest BCUT2D eigenvalue weighted by atomic mass is 16.7. The summed E-state index contributed by atoms with van der Waals surface area (Å²) in [6.07, 6.45) is -1.85. The zero-order chi connectivity index (χ0) is 31.6. The van der Waals surface area contributed by atoms with Crippen molar-refractivity contribution in [2.75, 3.05) is 7.11 Å². The number of carbonyl (C=O) groups excluding carboxylic acids is 1. The van der Waals surface area contributed by atoms with Crippen molar-refractivity contribution < 1.29 is 59.5 Å². The maximum atomic E-state index is 12.7. The zero-order valence-electron chi connectivity index (χ0n) is 24.7. The summed E-state index contributed by atoms with van der Waals surface area (Å²) < 4.78 is 22.5. The van der Waals surface area contributed by atoms with Gasteiger partial charge in [-0.1, -0.05) is 36.5 Å². The molecular formula is C29H49NO12. The fraction of sp³-hybridized carbons (Fsp3) is 0.759. The van der Waals surface area contributed by atoms with Crippen LogP contribution in [-0.4, -0.2) is 122 Å². The first-order valence-corrected chi connectivity index (χ1v) is 14.3. The molecule has 0 aromatic rings. The highest BCUT2D eigenvalue weighted by Gasteiger charge is 2.51. The molecule has 2 aliphatic rings. The number of ether oxygens (including phenoxy) is 4. The second kappa shape index (κ2) is 16.9. The Balaban J connectivity index is 2.31. The molecule has 2 rings (SSSR count). The normalized spacial score (nSPS) is 37.2. The third-order valence-corrected chi connectivity index (χ3v) is 7.42. The van der Waals surface area contributed by atoms with E-state index < -0.39 is 97.8 Å². The molecule has 0 saturated carbocycles. The van der Waals surface area contributed by atoms with Crippen molar-refractivity contribution in [2.45, 2.75) is 126 Å². The van der Waals surface area contributed by atoms with Gasteiger partial charge in [0.15, 0.2) is 12.1 Å². The van der Waals surface area contributed by atoms with Gasteiger partial charge < -0.3 is 60.4 Å². The molecule has 2 fully saturated rings. The lowest BCUT2D eigenvalue weighted by atomic mass is 9.82. The van der Waals surface area contributed by atoms with Crippen molar-refractivity contribution in [3.8, 4) is 0 Å². The lowest BCUT2D eigenvalue weighted by Crippen LogP contribution is -2.61. The summed E-state index contributed by atoms with van der Waals surface area (Å²) in [7, 11) is 1.15. The first-order chi connectivity index (χ1) is 19.7. The summed E-state index contributed by atoms with van der Waals surface area (Å²) in [5.41, 5.74) is 5.95. The molecule has 13 unspecified atom stereocenters. The Labute approximate surface area is 246 Å². The number of aliphatic hydroxyl groups is 7. The zero-order valence-corrected chi connectivity index (χ0v) is 24.7. The Morgan fingerprint density at radius 1 is 1.07 bits per heavy atom. The summed E-state index contributed by atoms with van der Waals surface area (Å²) in [4.78, 5) is 12.7. The molecule has 0 amide bonds. The Kier molecular flexibility index (Phi) is 14.7. The number of allylic oxidation sites excluding steroid dienone is 5. The van der Waals surface area contributed by atoms with Gasteiger partial charge in [-0.3, -0.25) is 4.79 Å². The van der Waals surface area contributed by atoms with Gasteiger partial charge in [-0.25, -0.2) is 0 Å². The number of rotatable bonds is 14. The van der Waals surface area contributed by atoms with Crippen LogP contribution < -0.4 is 5.73 Å². The lowest BCUT2D eigenvalue weighted by molar-refractivity contribution is -0.308. The molecule has 13 nitrogen and oxygen atoms in total. The third kappa shape index (κ3) is 10.8. The predicted molar refractivity (Wildman–Crippen MR) is 150 cm³/mol. The second-order valence-electron chi connectivity index (χ2n) is 11.2. The molecule has 0 aromatic heterocycles. The minimum Gasteiger partial charge on any atom is -0.469 e. The molecule has 9 N–H and O–H groups in total. The van der Waals surface area contributed by atoms with E-state index >= 15 is 0 Å². The smallest absolute Gasteiger partial charge is 0.313 e. The average molecular weight is 604 g/mol. The van der Waals surface area contributed by atoms with Crippen LogP contribution in [0.1, 0.15) is 52.9 Å². The van der Waals surface area contributed by atoms with Gasteiger partial charge in [-0.15, -0.1) is 0 Å². The third-order valence-electron chi connectivity index (χ3n) is 7.42. The van der Waals surface area contributed by atoms with Crippen LogP contribution in [0, 0.1) is 5.92 Å². The van der Waals surface area contributed by atoms with Crippen LogP contribution in [-0.2, 0) is 23.7 Å². The molecule has 42 heavy (non-hydrogen) atoms. The van der Waals surface area contributed by atoms with E-state index in [1.54, 1.807) is 37.3 Å². The molecule has 2 saturated heterocycles. The van der Waals surface area contributed by atoms with Gasteiger partial charge in [0.2, 0.25) is 0 Å². The molecule has 0 spiro atoms. The van der Waals surface area contributed by atoms with Crippen LogP contribution in [0.2, 0.25) is 0 Å². The van der Waals surface area contributed by atoms with Crippen LogP contribution in [0.15, 0.2) is 36.5 Å². The standard InChI is InChI=1S/C29H49NO12/c1-5-6-7-8-9-10-20(41-28-26(36)24(30)25(35)17(3)40-28)13-22-23(27(37)39-4)21(34)15-29(38,42-22)14-19(33)12-18(32)11-16(2)31/h5-10,16-26,28,31-36,38H,11-15,30H2,1-4H3/b6-5+,8-7+,10-9+. The van der Waals surface area contributed by atoms with E-state index in [9.17, 15) is 40.5 Å². The Morgan fingerprint density at radius 3 is 2.36 bits per heavy atom. The van der Waals surface area contributed by atoms with Crippen molar-refractivity contribution in [3.05, 3.63) is 36.5 Å². The molecular weight excluding hydrogens is 554 g/mol.